The van der Waals surface area contributed by atoms with Crippen LogP contribution in [0.15, 0.2) is 18.7 Å². The molecule has 3 nitrogen and oxygen atoms in total. The lowest BCUT2D eigenvalue weighted by atomic mass is 9.76. The fourth-order valence-corrected chi connectivity index (χ4v) is 3.83. The van der Waals surface area contributed by atoms with Gasteiger partial charge < -0.3 is 4.74 Å². The molecule has 2 rings (SSSR count). The number of benzene rings is 1. The third-order valence-corrected chi connectivity index (χ3v) is 4.86. The number of carbonyl (C=O) groups excluding carboxylic acids is 2. The molecule has 3 heteroatoms. The number of carbonyl (C=O) groups is 2. The summed E-state index contributed by atoms with van der Waals surface area (Å²) in [7, 11) is 1.41. The van der Waals surface area contributed by atoms with Crippen molar-refractivity contribution in [3.8, 4) is 0 Å². The Morgan fingerprint density at radius 2 is 1.65 bits per heavy atom. The van der Waals surface area contributed by atoms with Crippen molar-refractivity contribution in [3.05, 3.63) is 41.0 Å². The van der Waals surface area contributed by atoms with Gasteiger partial charge in [-0.25, -0.2) is 0 Å². The summed E-state index contributed by atoms with van der Waals surface area (Å²) in [5.41, 5.74) is 4.89. The summed E-state index contributed by atoms with van der Waals surface area (Å²) in [5, 5.41) is 0. The molecule has 1 saturated carbocycles. The van der Waals surface area contributed by atoms with Crippen molar-refractivity contribution < 1.29 is 14.3 Å². The molecule has 1 aromatic rings. The number of methoxy groups -OCH3 is 1. The first kappa shape index (κ1) is 17.5. The van der Waals surface area contributed by atoms with E-state index in [2.05, 4.69) is 25.6 Å². The van der Waals surface area contributed by atoms with Crippen LogP contribution in [0.1, 0.15) is 47.9 Å². The molecule has 0 radical (unpaired) electrons. The monoisotopic (exact) mass is 314 g/mol. The van der Waals surface area contributed by atoms with E-state index in [0.29, 0.717) is 12.0 Å². The van der Waals surface area contributed by atoms with E-state index >= 15 is 0 Å². The van der Waals surface area contributed by atoms with Crippen LogP contribution in [0.5, 0.6) is 0 Å². The second-order valence-corrected chi connectivity index (χ2v) is 6.70. The molecule has 0 saturated heterocycles. The number of Topliss-reactive ketones (excluding diaryl/α,β-unsaturated/α-hetero) is 1. The van der Waals surface area contributed by atoms with E-state index in [9.17, 15) is 9.59 Å². The van der Waals surface area contributed by atoms with Gasteiger partial charge in [-0.3, -0.25) is 9.59 Å². The van der Waals surface area contributed by atoms with E-state index < -0.39 is 0 Å². The minimum Gasteiger partial charge on any atom is -0.469 e. The zero-order valence-corrected chi connectivity index (χ0v) is 14.6. The van der Waals surface area contributed by atoms with Crippen LogP contribution in [0.4, 0.5) is 0 Å². The quantitative estimate of drug-likeness (QED) is 0.619. The summed E-state index contributed by atoms with van der Waals surface area (Å²) in [4.78, 5) is 24.7. The van der Waals surface area contributed by atoms with E-state index in [-0.39, 0.29) is 23.6 Å². The molecular weight excluding hydrogens is 288 g/mol. The molecule has 0 heterocycles. The van der Waals surface area contributed by atoms with E-state index in [4.69, 9.17) is 4.74 Å². The average Bonchev–Trinajstić information content (AvgIpc) is 2.52. The summed E-state index contributed by atoms with van der Waals surface area (Å²) in [6.07, 6.45) is 3.10. The summed E-state index contributed by atoms with van der Waals surface area (Å²) in [6, 6.07) is 4.16. The van der Waals surface area contributed by atoms with Gasteiger partial charge in [0.25, 0.3) is 0 Å². The highest BCUT2D eigenvalue weighted by molar-refractivity contribution is 6.21. The van der Waals surface area contributed by atoms with Gasteiger partial charge in [0.2, 0.25) is 0 Å². The summed E-state index contributed by atoms with van der Waals surface area (Å²) >= 11 is 0. The van der Waals surface area contributed by atoms with Gasteiger partial charge in [-0.2, -0.15) is 0 Å². The van der Waals surface area contributed by atoms with Gasteiger partial charge >= 0.3 is 5.97 Å². The van der Waals surface area contributed by atoms with Crippen LogP contribution < -0.4 is 0 Å². The van der Waals surface area contributed by atoms with Crippen molar-refractivity contribution in [1.29, 1.82) is 0 Å². The SMILES string of the molecule is C=C(C(=O)C1CCCC(C(=O)OC)C1)c1c(C)cc(C)cc1C. The van der Waals surface area contributed by atoms with E-state index in [0.717, 1.165) is 36.0 Å². The van der Waals surface area contributed by atoms with Crippen molar-refractivity contribution >= 4 is 17.3 Å². The second kappa shape index (κ2) is 7.12. The van der Waals surface area contributed by atoms with Crippen molar-refractivity contribution in [1.82, 2.24) is 0 Å². The van der Waals surface area contributed by atoms with Gasteiger partial charge in [0.05, 0.1) is 13.0 Å². The Kier molecular flexibility index (Phi) is 5.40. The molecule has 0 amide bonds. The molecule has 0 N–H and O–H groups in total. The second-order valence-electron chi connectivity index (χ2n) is 6.70. The Balaban J connectivity index is 2.20. The zero-order valence-electron chi connectivity index (χ0n) is 14.6. The minimum atomic E-state index is -0.198. The minimum absolute atomic E-state index is 0.0775. The lowest BCUT2D eigenvalue weighted by Crippen LogP contribution is -2.28. The van der Waals surface area contributed by atoms with Crippen LogP contribution >= 0.6 is 0 Å². The van der Waals surface area contributed by atoms with Gasteiger partial charge in [0, 0.05) is 11.5 Å². The fourth-order valence-electron chi connectivity index (χ4n) is 3.83. The van der Waals surface area contributed by atoms with Crippen molar-refractivity contribution in [2.75, 3.05) is 7.11 Å². The van der Waals surface area contributed by atoms with E-state index in [1.165, 1.54) is 12.7 Å². The molecule has 1 aliphatic rings. The maximum Gasteiger partial charge on any atom is 0.308 e. The Hall–Kier alpha value is -1.90. The summed E-state index contributed by atoms with van der Waals surface area (Å²) in [5.74, 6) is -0.402. The largest absolute Gasteiger partial charge is 0.469 e. The van der Waals surface area contributed by atoms with Crippen molar-refractivity contribution in [2.45, 2.75) is 46.5 Å². The Labute approximate surface area is 138 Å². The molecule has 1 aliphatic carbocycles. The first-order chi connectivity index (χ1) is 10.8. The molecule has 0 bridgehead atoms. The Morgan fingerprint density at radius 1 is 1.09 bits per heavy atom. The third kappa shape index (κ3) is 3.72. The number of esters is 1. The predicted octanol–water partition coefficient (Wildman–Crippen LogP) is 4.17. The van der Waals surface area contributed by atoms with Crippen LogP contribution in [0.25, 0.3) is 5.57 Å². The predicted molar refractivity (Wildman–Crippen MR) is 92.2 cm³/mol. The molecule has 2 unspecified atom stereocenters. The summed E-state index contributed by atoms with van der Waals surface area (Å²) in [6.45, 7) is 10.2. The Bertz CT molecular complexity index is 619. The zero-order chi connectivity index (χ0) is 17.1. The number of ketones is 1. The number of hydrogen-bond acceptors (Lipinski definition) is 3. The van der Waals surface area contributed by atoms with Gasteiger partial charge in [0.15, 0.2) is 5.78 Å². The molecule has 0 aromatic heterocycles. The fraction of sp³-hybridized carbons (Fsp3) is 0.500. The number of aryl methyl sites for hydroxylation is 3. The van der Waals surface area contributed by atoms with Gasteiger partial charge in [-0.05, 0) is 56.7 Å². The van der Waals surface area contributed by atoms with E-state index in [1.54, 1.807) is 0 Å². The third-order valence-electron chi connectivity index (χ3n) is 4.86. The van der Waals surface area contributed by atoms with E-state index in [1.807, 2.05) is 13.8 Å². The molecule has 124 valence electrons. The lowest BCUT2D eigenvalue weighted by Gasteiger charge is -2.27. The number of ether oxygens (including phenoxy) is 1. The first-order valence-corrected chi connectivity index (χ1v) is 8.24. The molecule has 0 aliphatic heterocycles. The Morgan fingerprint density at radius 3 is 2.22 bits per heavy atom. The van der Waals surface area contributed by atoms with Crippen LogP contribution in [-0.2, 0) is 14.3 Å². The van der Waals surface area contributed by atoms with Crippen LogP contribution in [-0.4, -0.2) is 18.9 Å². The van der Waals surface area contributed by atoms with Crippen molar-refractivity contribution in [3.63, 3.8) is 0 Å². The van der Waals surface area contributed by atoms with Gasteiger partial charge in [-0.15, -0.1) is 0 Å². The van der Waals surface area contributed by atoms with Gasteiger partial charge in [-0.1, -0.05) is 30.7 Å². The molecule has 23 heavy (non-hydrogen) atoms. The molecule has 0 spiro atoms. The standard InChI is InChI=1S/C20H26O3/c1-12-9-13(2)18(14(3)10-12)15(4)19(21)16-7-6-8-17(11-16)20(22)23-5/h9-10,16-17H,4,6-8,11H2,1-3,5H3. The molecule has 1 fully saturated rings. The number of allylic oxidation sites excluding steroid dienone is 1. The van der Waals surface area contributed by atoms with Crippen LogP contribution in [0, 0.1) is 32.6 Å². The molecule has 2 atom stereocenters. The number of hydrogen-bond donors (Lipinski definition) is 0. The normalized spacial score (nSPS) is 20.9. The highest BCUT2D eigenvalue weighted by Crippen LogP contribution is 2.35. The maximum absolute atomic E-state index is 12.9. The van der Waals surface area contributed by atoms with Crippen LogP contribution in [0.3, 0.4) is 0 Å². The smallest absolute Gasteiger partial charge is 0.308 e. The highest BCUT2D eigenvalue weighted by Gasteiger charge is 2.33. The topological polar surface area (TPSA) is 43.4 Å². The average molecular weight is 314 g/mol. The van der Waals surface area contributed by atoms with Gasteiger partial charge in [0.1, 0.15) is 0 Å². The lowest BCUT2D eigenvalue weighted by molar-refractivity contribution is -0.147. The molecular formula is C20H26O3. The summed E-state index contributed by atoms with van der Waals surface area (Å²) < 4.78 is 4.84. The number of rotatable bonds is 4. The first-order valence-electron chi connectivity index (χ1n) is 8.24. The highest BCUT2D eigenvalue weighted by atomic mass is 16.5. The van der Waals surface area contributed by atoms with Crippen LogP contribution in [0.2, 0.25) is 0 Å². The molecule has 1 aromatic carbocycles. The van der Waals surface area contributed by atoms with Crippen molar-refractivity contribution in [2.24, 2.45) is 11.8 Å². The maximum atomic E-state index is 12.9.